The molecule has 1 aliphatic carbocycles. The number of amides is 1. The van der Waals surface area contributed by atoms with E-state index < -0.39 is 5.41 Å². The average Bonchev–Trinajstić information content (AvgIpc) is 3.21. The van der Waals surface area contributed by atoms with Crippen molar-refractivity contribution < 1.29 is 13.9 Å². The van der Waals surface area contributed by atoms with E-state index in [1.807, 2.05) is 23.4 Å². The first-order chi connectivity index (χ1) is 15.7. The maximum atomic E-state index is 13.9. The molecule has 2 heterocycles. The van der Waals surface area contributed by atoms with E-state index in [4.69, 9.17) is 4.74 Å². The zero-order valence-electron chi connectivity index (χ0n) is 18.3. The van der Waals surface area contributed by atoms with Gasteiger partial charge >= 0.3 is 0 Å². The number of hydrogen-bond acceptors (Lipinski definition) is 3. The smallest absolute Gasteiger partial charge is 0.233 e. The molecule has 5 heteroatoms. The number of carbonyl (C=O) groups excluding carboxylic acids is 1. The monoisotopic (exact) mass is 432 g/mol. The van der Waals surface area contributed by atoms with Crippen LogP contribution < -0.4 is 0 Å². The van der Waals surface area contributed by atoms with E-state index in [2.05, 4.69) is 23.2 Å². The predicted molar refractivity (Wildman–Crippen MR) is 123 cm³/mol. The molecule has 2 aromatic carbocycles. The molecule has 1 aromatic heterocycles. The quantitative estimate of drug-likeness (QED) is 0.589. The van der Waals surface area contributed by atoms with Crippen LogP contribution in [0.2, 0.25) is 0 Å². The van der Waals surface area contributed by atoms with Crippen LogP contribution in [0, 0.1) is 11.7 Å². The molecular formula is C27H29FN2O2. The molecule has 4 nitrogen and oxygen atoms in total. The van der Waals surface area contributed by atoms with Crippen LogP contribution in [0.25, 0.3) is 10.8 Å². The summed E-state index contributed by atoms with van der Waals surface area (Å²) in [6.07, 6.45) is 8.36. The summed E-state index contributed by atoms with van der Waals surface area (Å²) < 4.78 is 19.5. The standard InChI is InChI=1S/C27H29FN2O2/c28-24-9-7-23(8-10-24)27(11-3-4-12-27)26(31)30-13-14-32-19-20(18-30)15-22-17-29-16-21-5-1-2-6-25(21)22/h1-2,5-10,16-17,20H,3-4,11-15,18-19H2. The molecule has 1 unspecified atom stereocenters. The highest BCUT2D eigenvalue weighted by Gasteiger charge is 2.45. The number of nitrogens with zero attached hydrogens (tertiary/aromatic N) is 2. The van der Waals surface area contributed by atoms with Gasteiger partial charge in [0, 0.05) is 36.8 Å². The molecule has 1 saturated carbocycles. The van der Waals surface area contributed by atoms with Crippen LogP contribution in [0.3, 0.4) is 0 Å². The van der Waals surface area contributed by atoms with Crippen LogP contribution in [0.1, 0.15) is 36.8 Å². The van der Waals surface area contributed by atoms with Gasteiger partial charge in [-0.3, -0.25) is 9.78 Å². The fourth-order valence-electron chi connectivity index (χ4n) is 5.52. The maximum Gasteiger partial charge on any atom is 0.233 e. The first-order valence-corrected chi connectivity index (χ1v) is 11.6. The molecule has 32 heavy (non-hydrogen) atoms. The van der Waals surface area contributed by atoms with Crippen molar-refractivity contribution in [3.05, 3.63) is 77.9 Å². The second-order valence-electron chi connectivity index (χ2n) is 9.21. The van der Waals surface area contributed by atoms with E-state index >= 15 is 0 Å². The summed E-state index contributed by atoms with van der Waals surface area (Å²) in [7, 11) is 0. The minimum atomic E-state index is -0.538. The minimum absolute atomic E-state index is 0.174. The largest absolute Gasteiger partial charge is 0.379 e. The lowest BCUT2D eigenvalue weighted by atomic mass is 9.77. The molecule has 0 spiro atoms. The molecule has 1 saturated heterocycles. The minimum Gasteiger partial charge on any atom is -0.379 e. The summed E-state index contributed by atoms with van der Waals surface area (Å²) in [5, 5.41) is 2.34. The first-order valence-electron chi connectivity index (χ1n) is 11.6. The molecule has 1 amide bonds. The molecule has 3 aromatic rings. The topological polar surface area (TPSA) is 42.4 Å². The molecule has 1 atom stereocenters. The van der Waals surface area contributed by atoms with E-state index in [0.29, 0.717) is 26.3 Å². The molecule has 2 fully saturated rings. The number of halogens is 1. The van der Waals surface area contributed by atoms with Gasteiger partial charge < -0.3 is 9.64 Å². The molecule has 0 N–H and O–H groups in total. The van der Waals surface area contributed by atoms with Gasteiger partial charge in [-0.2, -0.15) is 0 Å². The second-order valence-corrected chi connectivity index (χ2v) is 9.21. The Morgan fingerprint density at radius 2 is 1.88 bits per heavy atom. The Hall–Kier alpha value is -2.79. The molecule has 0 bridgehead atoms. The van der Waals surface area contributed by atoms with E-state index in [0.717, 1.165) is 43.1 Å². The van der Waals surface area contributed by atoms with Gasteiger partial charge in [-0.05, 0) is 47.9 Å². The van der Waals surface area contributed by atoms with E-state index in [1.165, 1.54) is 23.1 Å². The third kappa shape index (κ3) is 4.02. The third-order valence-electron chi connectivity index (χ3n) is 7.15. The lowest BCUT2D eigenvalue weighted by Crippen LogP contribution is -2.47. The Bertz CT molecular complexity index is 1090. The van der Waals surface area contributed by atoms with Crippen molar-refractivity contribution in [3.8, 4) is 0 Å². The van der Waals surface area contributed by atoms with Crippen LogP contribution in [0.15, 0.2) is 60.9 Å². The zero-order chi connectivity index (χ0) is 22.0. The summed E-state index contributed by atoms with van der Waals surface area (Å²) in [4.78, 5) is 20.4. The van der Waals surface area contributed by atoms with Gasteiger partial charge in [-0.15, -0.1) is 0 Å². The molecule has 166 valence electrons. The highest BCUT2D eigenvalue weighted by molar-refractivity contribution is 5.89. The number of ether oxygens (including phenoxy) is 1. The maximum absolute atomic E-state index is 13.9. The van der Waals surface area contributed by atoms with Crippen LogP contribution in [-0.2, 0) is 21.4 Å². The molecule has 0 radical (unpaired) electrons. The molecule has 5 rings (SSSR count). The van der Waals surface area contributed by atoms with Crippen molar-refractivity contribution in [3.63, 3.8) is 0 Å². The Kier molecular flexibility index (Phi) is 5.92. The number of rotatable bonds is 4. The van der Waals surface area contributed by atoms with Crippen LogP contribution in [-0.4, -0.2) is 42.1 Å². The highest BCUT2D eigenvalue weighted by atomic mass is 19.1. The van der Waals surface area contributed by atoms with Gasteiger partial charge in [0.2, 0.25) is 5.91 Å². The third-order valence-corrected chi connectivity index (χ3v) is 7.15. The van der Waals surface area contributed by atoms with Gasteiger partial charge in [0.1, 0.15) is 5.82 Å². The van der Waals surface area contributed by atoms with Crippen LogP contribution in [0.5, 0.6) is 0 Å². The van der Waals surface area contributed by atoms with Gasteiger partial charge in [0.15, 0.2) is 0 Å². The number of pyridine rings is 1. The predicted octanol–water partition coefficient (Wildman–Crippen LogP) is 4.90. The van der Waals surface area contributed by atoms with E-state index in [-0.39, 0.29) is 17.6 Å². The van der Waals surface area contributed by atoms with Gasteiger partial charge in [-0.25, -0.2) is 4.39 Å². The summed E-state index contributed by atoms with van der Waals surface area (Å²) in [6.45, 7) is 2.46. The van der Waals surface area contributed by atoms with Crippen molar-refractivity contribution in [2.45, 2.75) is 37.5 Å². The Morgan fingerprint density at radius 3 is 2.69 bits per heavy atom. The Balaban J connectivity index is 1.39. The van der Waals surface area contributed by atoms with E-state index in [1.54, 1.807) is 12.1 Å². The SMILES string of the molecule is O=C(N1CCOCC(Cc2cncc3ccccc23)C1)C1(c2ccc(F)cc2)CCCC1. The lowest BCUT2D eigenvalue weighted by molar-refractivity contribution is -0.137. The number of benzene rings is 2. The van der Waals surface area contributed by atoms with Crippen molar-refractivity contribution >= 4 is 16.7 Å². The van der Waals surface area contributed by atoms with Crippen molar-refractivity contribution in [1.29, 1.82) is 0 Å². The second kappa shape index (κ2) is 8.99. The zero-order valence-corrected chi connectivity index (χ0v) is 18.3. The highest BCUT2D eigenvalue weighted by Crippen LogP contribution is 2.43. The lowest BCUT2D eigenvalue weighted by Gasteiger charge is -2.35. The van der Waals surface area contributed by atoms with Crippen LogP contribution >= 0.6 is 0 Å². The Morgan fingerprint density at radius 1 is 1.09 bits per heavy atom. The first kappa shape index (κ1) is 21.1. The Labute approximate surface area is 188 Å². The van der Waals surface area contributed by atoms with Crippen molar-refractivity contribution in [1.82, 2.24) is 9.88 Å². The van der Waals surface area contributed by atoms with Crippen LogP contribution in [0.4, 0.5) is 4.39 Å². The number of fused-ring (bicyclic) bond motifs is 1. The normalized spacial score (nSPS) is 20.9. The summed E-state index contributed by atoms with van der Waals surface area (Å²) in [5.41, 5.74) is 1.60. The number of hydrogen-bond donors (Lipinski definition) is 0. The summed E-state index contributed by atoms with van der Waals surface area (Å²) in [5.74, 6) is 0.121. The summed E-state index contributed by atoms with van der Waals surface area (Å²) >= 11 is 0. The van der Waals surface area contributed by atoms with Gasteiger partial charge in [0.05, 0.1) is 18.6 Å². The fourth-order valence-corrected chi connectivity index (χ4v) is 5.52. The van der Waals surface area contributed by atoms with E-state index in [9.17, 15) is 9.18 Å². The molecule has 1 aliphatic heterocycles. The van der Waals surface area contributed by atoms with Crippen molar-refractivity contribution in [2.24, 2.45) is 5.92 Å². The number of aromatic nitrogens is 1. The molecule has 2 aliphatic rings. The van der Waals surface area contributed by atoms with Gasteiger partial charge in [0.25, 0.3) is 0 Å². The number of carbonyl (C=O) groups is 1. The summed E-state index contributed by atoms with van der Waals surface area (Å²) in [6, 6.07) is 14.8. The average molecular weight is 433 g/mol. The fraction of sp³-hybridized carbons (Fsp3) is 0.407. The van der Waals surface area contributed by atoms with Crippen molar-refractivity contribution in [2.75, 3.05) is 26.3 Å². The molecular weight excluding hydrogens is 403 g/mol. The van der Waals surface area contributed by atoms with Gasteiger partial charge in [-0.1, -0.05) is 49.2 Å².